The molecule has 2 aromatic carbocycles. The molecule has 0 unspecified atom stereocenters. The van der Waals surface area contributed by atoms with E-state index in [0.29, 0.717) is 5.76 Å². The lowest BCUT2D eigenvalue weighted by Gasteiger charge is -2.24. The summed E-state index contributed by atoms with van der Waals surface area (Å²) in [4.78, 5) is 14.2. The number of anilines is 1. The second-order valence-electron chi connectivity index (χ2n) is 6.14. The van der Waals surface area contributed by atoms with Crippen LogP contribution in [0.3, 0.4) is 0 Å². The second-order valence-corrected chi connectivity index (χ2v) is 6.14. The van der Waals surface area contributed by atoms with Gasteiger partial charge >= 0.3 is 0 Å². The first-order chi connectivity index (χ1) is 13.7. The highest BCUT2D eigenvalue weighted by atomic mass is 19.1. The Morgan fingerprint density at radius 3 is 2.54 bits per heavy atom. The van der Waals surface area contributed by atoms with Crippen LogP contribution in [0.2, 0.25) is 0 Å². The van der Waals surface area contributed by atoms with Gasteiger partial charge in [0.2, 0.25) is 5.91 Å². The summed E-state index contributed by atoms with van der Waals surface area (Å²) in [5.74, 6) is -0.152. The Morgan fingerprint density at radius 2 is 1.86 bits per heavy atom. The summed E-state index contributed by atoms with van der Waals surface area (Å²) in [5.41, 5.74) is 1.11. The number of nitrogens with one attached hydrogen (secondary N) is 1. The largest absolute Gasteiger partial charge is 0.467 e. The van der Waals surface area contributed by atoms with Crippen LogP contribution in [-0.2, 0) is 4.79 Å². The lowest BCUT2D eigenvalue weighted by molar-refractivity contribution is -0.117. The minimum absolute atomic E-state index is 0.0416. The fourth-order valence-electron chi connectivity index (χ4n) is 2.98. The van der Waals surface area contributed by atoms with Crippen LogP contribution >= 0.6 is 0 Å². The molecule has 6 heteroatoms. The fraction of sp³-hybridized carbons (Fsp3) is 0.182. The number of para-hydroxylation sites is 1. The number of hydrogen-bond donors (Lipinski definition) is 1. The van der Waals surface area contributed by atoms with E-state index in [1.165, 1.54) is 17.0 Å². The number of amides is 1. The molecule has 3 aromatic rings. The number of halogens is 1. The zero-order valence-electron chi connectivity index (χ0n) is 15.2. The van der Waals surface area contributed by atoms with Crippen molar-refractivity contribution in [1.82, 2.24) is 5.32 Å². The lowest BCUT2D eigenvalue weighted by Crippen LogP contribution is -2.40. The van der Waals surface area contributed by atoms with Crippen LogP contribution in [0.15, 0.2) is 77.4 Å². The van der Waals surface area contributed by atoms with E-state index < -0.39 is 5.82 Å². The first-order valence-corrected chi connectivity index (χ1v) is 8.94. The molecule has 0 aliphatic heterocycles. The molecule has 0 bridgehead atoms. The number of rotatable bonds is 8. The molecule has 0 aliphatic rings. The molecule has 0 saturated heterocycles. The predicted molar refractivity (Wildman–Crippen MR) is 104 cm³/mol. The molecule has 142 valence electrons. The summed E-state index contributed by atoms with van der Waals surface area (Å²) in [6, 6.07) is 21.0. The number of carbonyl (C=O) groups is 1. The van der Waals surface area contributed by atoms with E-state index in [0.717, 1.165) is 5.56 Å². The number of carbonyl (C=O) groups excluding carboxylic acids is 1. The van der Waals surface area contributed by atoms with Crippen LogP contribution in [-0.4, -0.2) is 19.0 Å². The van der Waals surface area contributed by atoms with Crippen molar-refractivity contribution in [3.63, 3.8) is 0 Å². The van der Waals surface area contributed by atoms with E-state index in [9.17, 15) is 9.18 Å². The maximum Gasteiger partial charge on any atom is 0.241 e. The SMILES string of the molecule is N#CCCN(C(=O)CN[C@@H](c1ccccc1)c1ccco1)c1ccccc1F. The molecule has 3 rings (SSSR count). The third-order valence-corrected chi connectivity index (χ3v) is 4.31. The third-order valence-electron chi connectivity index (χ3n) is 4.31. The Balaban J connectivity index is 1.78. The van der Waals surface area contributed by atoms with Gasteiger partial charge in [-0.15, -0.1) is 0 Å². The second kappa shape index (κ2) is 9.49. The maximum absolute atomic E-state index is 14.2. The van der Waals surface area contributed by atoms with Crippen molar-refractivity contribution < 1.29 is 13.6 Å². The molecular formula is C22H20FN3O2. The summed E-state index contributed by atoms with van der Waals surface area (Å²) in [5, 5.41) is 12.1. The Labute approximate surface area is 163 Å². The summed E-state index contributed by atoms with van der Waals surface area (Å²) >= 11 is 0. The van der Waals surface area contributed by atoms with Gasteiger partial charge in [-0.05, 0) is 29.8 Å². The van der Waals surface area contributed by atoms with E-state index in [-0.39, 0.29) is 37.1 Å². The van der Waals surface area contributed by atoms with Crippen molar-refractivity contribution >= 4 is 11.6 Å². The Bertz CT molecular complexity index is 936. The van der Waals surface area contributed by atoms with E-state index in [1.807, 2.05) is 42.5 Å². The van der Waals surface area contributed by atoms with Crippen LogP contribution in [0, 0.1) is 17.1 Å². The van der Waals surface area contributed by atoms with Gasteiger partial charge in [-0.2, -0.15) is 5.26 Å². The number of furan rings is 1. The van der Waals surface area contributed by atoms with Gasteiger partial charge in [0.05, 0.1) is 37.0 Å². The van der Waals surface area contributed by atoms with Gasteiger partial charge in [0.1, 0.15) is 11.6 Å². The van der Waals surface area contributed by atoms with Gasteiger partial charge in [-0.3, -0.25) is 10.1 Å². The van der Waals surface area contributed by atoms with Crippen LogP contribution in [0.4, 0.5) is 10.1 Å². The number of benzene rings is 2. The minimum atomic E-state index is -0.501. The summed E-state index contributed by atoms with van der Waals surface area (Å²) in [6.45, 7) is 0.0781. The van der Waals surface area contributed by atoms with E-state index >= 15 is 0 Å². The van der Waals surface area contributed by atoms with Gasteiger partial charge in [0.25, 0.3) is 0 Å². The molecule has 0 saturated carbocycles. The molecule has 0 aliphatic carbocycles. The summed E-state index contributed by atoms with van der Waals surface area (Å²) < 4.78 is 19.7. The maximum atomic E-state index is 14.2. The quantitative estimate of drug-likeness (QED) is 0.643. The highest BCUT2D eigenvalue weighted by molar-refractivity contribution is 5.95. The van der Waals surface area contributed by atoms with Crippen LogP contribution in [0.5, 0.6) is 0 Å². The average Bonchev–Trinajstić information content (AvgIpc) is 3.25. The van der Waals surface area contributed by atoms with Gasteiger partial charge in [0, 0.05) is 6.54 Å². The average molecular weight is 377 g/mol. The van der Waals surface area contributed by atoms with Crippen LogP contribution in [0.25, 0.3) is 0 Å². The first kappa shape index (κ1) is 19.3. The van der Waals surface area contributed by atoms with Gasteiger partial charge < -0.3 is 9.32 Å². The van der Waals surface area contributed by atoms with Crippen molar-refractivity contribution in [2.45, 2.75) is 12.5 Å². The Morgan fingerprint density at radius 1 is 1.11 bits per heavy atom. The van der Waals surface area contributed by atoms with Crippen molar-refractivity contribution in [2.24, 2.45) is 0 Å². The molecule has 1 aromatic heterocycles. The molecule has 1 amide bonds. The van der Waals surface area contributed by atoms with Crippen LogP contribution < -0.4 is 10.2 Å². The van der Waals surface area contributed by atoms with Crippen molar-refractivity contribution in [3.05, 3.63) is 90.1 Å². The van der Waals surface area contributed by atoms with Gasteiger partial charge in [-0.1, -0.05) is 42.5 Å². The lowest BCUT2D eigenvalue weighted by atomic mass is 10.0. The number of nitrogens with zero attached hydrogens (tertiary/aromatic N) is 2. The molecule has 28 heavy (non-hydrogen) atoms. The van der Waals surface area contributed by atoms with Crippen molar-refractivity contribution in [1.29, 1.82) is 5.26 Å². The number of nitriles is 1. The molecule has 0 radical (unpaired) electrons. The Kier molecular flexibility index (Phi) is 6.55. The molecule has 1 atom stereocenters. The van der Waals surface area contributed by atoms with Crippen molar-refractivity contribution in [3.8, 4) is 6.07 Å². The molecule has 0 spiro atoms. The van der Waals surface area contributed by atoms with E-state index in [2.05, 4.69) is 5.32 Å². The highest BCUT2D eigenvalue weighted by Gasteiger charge is 2.22. The molecule has 5 nitrogen and oxygen atoms in total. The summed E-state index contributed by atoms with van der Waals surface area (Å²) in [7, 11) is 0. The molecule has 1 N–H and O–H groups in total. The first-order valence-electron chi connectivity index (χ1n) is 8.94. The fourth-order valence-corrected chi connectivity index (χ4v) is 2.98. The van der Waals surface area contributed by atoms with Crippen molar-refractivity contribution in [2.75, 3.05) is 18.0 Å². The topological polar surface area (TPSA) is 69.3 Å². The molecule has 1 heterocycles. The van der Waals surface area contributed by atoms with Gasteiger partial charge in [0.15, 0.2) is 0 Å². The normalized spacial score (nSPS) is 11.6. The highest BCUT2D eigenvalue weighted by Crippen LogP contribution is 2.23. The van der Waals surface area contributed by atoms with E-state index in [1.54, 1.807) is 24.5 Å². The predicted octanol–water partition coefficient (Wildman–Crippen LogP) is 4.04. The van der Waals surface area contributed by atoms with Crippen LogP contribution in [0.1, 0.15) is 23.8 Å². The molecular weight excluding hydrogens is 357 g/mol. The smallest absolute Gasteiger partial charge is 0.241 e. The zero-order chi connectivity index (χ0) is 19.8. The van der Waals surface area contributed by atoms with E-state index in [4.69, 9.17) is 9.68 Å². The standard InChI is InChI=1S/C22H20FN3O2/c23-18-10-4-5-11-19(18)26(14-7-13-24)21(27)16-25-22(20-12-6-15-28-20)17-8-2-1-3-9-17/h1-6,8-12,15,22,25H,7,14,16H2/t22-/m0/s1. The monoisotopic (exact) mass is 377 g/mol. The zero-order valence-corrected chi connectivity index (χ0v) is 15.2. The summed E-state index contributed by atoms with van der Waals surface area (Å²) in [6.07, 6.45) is 1.69. The third kappa shape index (κ3) is 4.64. The van der Waals surface area contributed by atoms with Gasteiger partial charge in [-0.25, -0.2) is 4.39 Å². The Hall–Kier alpha value is -3.43. The number of hydrogen-bond acceptors (Lipinski definition) is 4. The molecule has 0 fully saturated rings. The minimum Gasteiger partial charge on any atom is -0.467 e.